The van der Waals surface area contributed by atoms with E-state index >= 15 is 0 Å². The minimum absolute atomic E-state index is 0.0333. The van der Waals surface area contributed by atoms with Crippen LogP contribution in [-0.4, -0.2) is 11.3 Å². The van der Waals surface area contributed by atoms with Crippen LogP contribution in [0.25, 0.3) is 0 Å². The zero-order valence-corrected chi connectivity index (χ0v) is 8.89. The van der Waals surface area contributed by atoms with E-state index in [0.29, 0.717) is 4.60 Å². The van der Waals surface area contributed by atoms with Gasteiger partial charge in [0.05, 0.1) is 11.9 Å². The van der Waals surface area contributed by atoms with Gasteiger partial charge in [-0.1, -0.05) is 0 Å². The van der Waals surface area contributed by atoms with Crippen LogP contribution in [0.1, 0.15) is 5.56 Å². The summed E-state index contributed by atoms with van der Waals surface area (Å²) in [6, 6.07) is 0. The van der Waals surface area contributed by atoms with Crippen molar-refractivity contribution in [3.05, 3.63) is 16.4 Å². The Balaban J connectivity index is 3.11. The summed E-state index contributed by atoms with van der Waals surface area (Å²) in [4.78, 5) is 3.63. The second-order valence-electron chi connectivity index (χ2n) is 2.56. The maximum Gasteiger partial charge on any atom is 0.573 e. The zero-order valence-electron chi connectivity index (χ0n) is 7.31. The Morgan fingerprint density at radius 3 is 2.53 bits per heavy atom. The molecule has 0 spiro atoms. The molecule has 0 saturated carbocycles. The summed E-state index contributed by atoms with van der Waals surface area (Å²) in [5, 5.41) is 0. The first kappa shape index (κ1) is 12.1. The van der Waals surface area contributed by atoms with Crippen molar-refractivity contribution >= 4 is 21.6 Å². The topological polar surface area (TPSA) is 74.2 Å². The third-order valence-corrected chi connectivity index (χ3v) is 2.25. The lowest BCUT2D eigenvalue weighted by Crippen LogP contribution is -2.19. The summed E-state index contributed by atoms with van der Waals surface area (Å²) < 4.78 is 39.7. The van der Waals surface area contributed by atoms with Crippen molar-refractivity contribution < 1.29 is 17.9 Å². The van der Waals surface area contributed by atoms with Crippen LogP contribution in [-0.2, 0) is 6.54 Å². The molecule has 0 aliphatic carbocycles. The smallest absolute Gasteiger partial charge is 0.402 e. The maximum absolute atomic E-state index is 11.9. The molecule has 0 radical (unpaired) electrons. The van der Waals surface area contributed by atoms with Crippen LogP contribution >= 0.6 is 15.9 Å². The summed E-state index contributed by atoms with van der Waals surface area (Å²) >= 11 is 3.01. The van der Waals surface area contributed by atoms with Crippen LogP contribution in [0.3, 0.4) is 0 Å². The predicted octanol–water partition coefficient (Wildman–Crippen LogP) is 1.78. The van der Waals surface area contributed by atoms with Crippen LogP contribution in [0.5, 0.6) is 5.75 Å². The second-order valence-corrected chi connectivity index (χ2v) is 3.31. The molecule has 8 heteroatoms. The van der Waals surface area contributed by atoms with Crippen molar-refractivity contribution in [1.82, 2.24) is 4.98 Å². The molecule has 1 rings (SSSR count). The van der Waals surface area contributed by atoms with E-state index in [-0.39, 0.29) is 17.8 Å². The van der Waals surface area contributed by atoms with Gasteiger partial charge in [0.2, 0.25) is 0 Å². The number of alkyl halides is 3. The van der Waals surface area contributed by atoms with E-state index in [4.69, 9.17) is 11.5 Å². The molecule has 0 bridgehead atoms. The first-order valence-corrected chi connectivity index (χ1v) is 4.53. The molecule has 0 aromatic carbocycles. The number of hydrogen-bond donors (Lipinski definition) is 2. The van der Waals surface area contributed by atoms with E-state index in [9.17, 15) is 13.2 Å². The standard InChI is InChI=1S/C7H7BrF3N3O/c8-6-3(1-12)5(13)4(2-14-6)15-7(9,10)11/h2H,1,12H2,(H2,13,14). The highest BCUT2D eigenvalue weighted by atomic mass is 79.9. The van der Waals surface area contributed by atoms with E-state index in [0.717, 1.165) is 6.20 Å². The second kappa shape index (κ2) is 4.23. The van der Waals surface area contributed by atoms with Gasteiger partial charge in [-0.05, 0) is 15.9 Å². The van der Waals surface area contributed by atoms with Gasteiger partial charge in [-0.2, -0.15) is 0 Å². The number of rotatable bonds is 2. The van der Waals surface area contributed by atoms with E-state index in [1.54, 1.807) is 0 Å². The largest absolute Gasteiger partial charge is 0.573 e. The molecule has 1 heterocycles. The van der Waals surface area contributed by atoms with Crippen molar-refractivity contribution in [3.63, 3.8) is 0 Å². The SMILES string of the molecule is NCc1c(Br)ncc(OC(F)(F)F)c1N. The summed E-state index contributed by atoms with van der Waals surface area (Å²) in [5.74, 6) is -0.550. The van der Waals surface area contributed by atoms with E-state index in [1.165, 1.54) is 0 Å². The molecule has 4 N–H and O–H groups in total. The fourth-order valence-electron chi connectivity index (χ4n) is 0.923. The average Bonchev–Trinajstić information content (AvgIpc) is 2.09. The number of nitrogen functional groups attached to an aromatic ring is 1. The molecular weight excluding hydrogens is 279 g/mol. The third kappa shape index (κ3) is 2.96. The molecular formula is C7H7BrF3N3O. The highest BCUT2D eigenvalue weighted by Gasteiger charge is 2.32. The van der Waals surface area contributed by atoms with E-state index in [1.807, 2.05) is 0 Å². The Bertz CT molecular complexity index is 369. The van der Waals surface area contributed by atoms with Gasteiger partial charge < -0.3 is 16.2 Å². The Labute approximate surface area is 91.5 Å². The van der Waals surface area contributed by atoms with Crippen molar-refractivity contribution in [1.29, 1.82) is 0 Å². The molecule has 0 aliphatic heterocycles. The normalized spacial score (nSPS) is 11.5. The highest BCUT2D eigenvalue weighted by Crippen LogP contribution is 2.32. The van der Waals surface area contributed by atoms with Crippen LogP contribution in [0.15, 0.2) is 10.8 Å². The lowest BCUT2D eigenvalue weighted by Gasteiger charge is -2.13. The molecule has 0 saturated heterocycles. The zero-order chi connectivity index (χ0) is 11.6. The number of halogens is 4. The van der Waals surface area contributed by atoms with E-state index in [2.05, 4.69) is 25.7 Å². The summed E-state index contributed by atoms with van der Waals surface area (Å²) in [6.07, 6.45) is -3.92. The van der Waals surface area contributed by atoms with E-state index < -0.39 is 12.1 Å². The Kier molecular flexibility index (Phi) is 3.40. The number of nitrogens with zero attached hydrogens (tertiary/aromatic N) is 1. The van der Waals surface area contributed by atoms with Crippen molar-refractivity contribution in [3.8, 4) is 5.75 Å². The monoisotopic (exact) mass is 285 g/mol. The number of pyridine rings is 1. The molecule has 0 amide bonds. The van der Waals surface area contributed by atoms with Gasteiger partial charge in [-0.15, -0.1) is 13.2 Å². The molecule has 4 nitrogen and oxygen atoms in total. The third-order valence-electron chi connectivity index (χ3n) is 1.56. The van der Waals surface area contributed by atoms with Gasteiger partial charge in [-0.3, -0.25) is 0 Å². The molecule has 15 heavy (non-hydrogen) atoms. The average molecular weight is 286 g/mol. The van der Waals surface area contributed by atoms with Gasteiger partial charge in [0.1, 0.15) is 4.60 Å². The van der Waals surface area contributed by atoms with Crippen LogP contribution in [0.4, 0.5) is 18.9 Å². The molecule has 0 fully saturated rings. The lowest BCUT2D eigenvalue weighted by molar-refractivity contribution is -0.274. The van der Waals surface area contributed by atoms with Crippen LogP contribution in [0, 0.1) is 0 Å². The van der Waals surface area contributed by atoms with Gasteiger partial charge in [-0.25, -0.2) is 4.98 Å². The maximum atomic E-state index is 11.9. The van der Waals surface area contributed by atoms with Crippen molar-refractivity contribution in [2.75, 3.05) is 5.73 Å². The molecule has 0 aliphatic rings. The van der Waals surface area contributed by atoms with Gasteiger partial charge in [0.15, 0.2) is 5.75 Å². The number of aromatic nitrogens is 1. The van der Waals surface area contributed by atoms with Crippen molar-refractivity contribution in [2.24, 2.45) is 5.73 Å². The summed E-state index contributed by atoms with van der Waals surface area (Å²) in [6.45, 7) is -0.0333. The minimum atomic E-state index is -4.80. The van der Waals surface area contributed by atoms with Crippen LogP contribution in [0.2, 0.25) is 0 Å². The van der Waals surface area contributed by atoms with Crippen molar-refractivity contribution in [2.45, 2.75) is 12.9 Å². The highest BCUT2D eigenvalue weighted by molar-refractivity contribution is 9.10. The summed E-state index contributed by atoms with van der Waals surface area (Å²) in [5.41, 5.74) is 10.8. The number of hydrogen-bond acceptors (Lipinski definition) is 4. The molecule has 0 unspecified atom stereocenters. The minimum Gasteiger partial charge on any atom is -0.402 e. The lowest BCUT2D eigenvalue weighted by atomic mass is 10.2. The first-order valence-electron chi connectivity index (χ1n) is 3.74. The Hall–Kier alpha value is -1.02. The quantitative estimate of drug-likeness (QED) is 0.813. The molecule has 1 aromatic rings. The molecule has 84 valence electrons. The fraction of sp³-hybridized carbons (Fsp3) is 0.286. The van der Waals surface area contributed by atoms with Gasteiger partial charge >= 0.3 is 6.36 Å². The number of anilines is 1. The predicted molar refractivity (Wildman–Crippen MR) is 50.9 cm³/mol. The van der Waals surface area contributed by atoms with Gasteiger partial charge in [0, 0.05) is 12.1 Å². The Morgan fingerprint density at radius 1 is 1.47 bits per heavy atom. The molecule has 1 aromatic heterocycles. The van der Waals surface area contributed by atoms with Crippen LogP contribution < -0.4 is 16.2 Å². The fourth-order valence-corrected chi connectivity index (χ4v) is 1.40. The first-order chi connectivity index (χ1) is 6.85. The number of ether oxygens (including phenoxy) is 1. The summed E-state index contributed by atoms with van der Waals surface area (Å²) in [7, 11) is 0. The Morgan fingerprint density at radius 2 is 2.07 bits per heavy atom. The number of nitrogens with two attached hydrogens (primary N) is 2. The molecule has 0 atom stereocenters. The van der Waals surface area contributed by atoms with Gasteiger partial charge in [0.25, 0.3) is 0 Å².